The van der Waals surface area contributed by atoms with E-state index >= 15 is 0 Å². The molecule has 2 aromatic carbocycles. The van der Waals surface area contributed by atoms with Crippen LogP contribution in [-0.2, 0) is 0 Å². The molecule has 0 unspecified atom stereocenters. The zero-order valence-electron chi connectivity index (χ0n) is 16.7. The highest BCUT2D eigenvalue weighted by atomic mass is 16.5. The Morgan fingerprint density at radius 1 is 0.821 bits per heavy atom. The summed E-state index contributed by atoms with van der Waals surface area (Å²) in [6.07, 6.45) is 0. The Bertz CT molecular complexity index is 806. The zero-order chi connectivity index (χ0) is 20.1. The summed E-state index contributed by atoms with van der Waals surface area (Å²) in [5, 5.41) is 0. The lowest BCUT2D eigenvalue weighted by Crippen LogP contribution is -2.48. The summed E-state index contributed by atoms with van der Waals surface area (Å²) in [4.78, 5) is 16.9. The molecule has 0 spiro atoms. The highest BCUT2D eigenvalue weighted by molar-refractivity contribution is 5.94. The molecule has 7 heteroatoms. The van der Waals surface area contributed by atoms with Gasteiger partial charge in [0.15, 0.2) is 11.5 Å². The number of carbonyl (C=O) groups is 1. The molecule has 7 nitrogen and oxygen atoms in total. The number of benzene rings is 2. The molecule has 1 heterocycles. The van der Waals surface area contributed by atoms with Crippen molar-refractivity contribution in [2.75, 3.05) is 59.5 Å². The Morgan fingerprint density at radius 3 is 2.00 bits per heavy atom. The zero-order valence-corrected chi connectivity index (χ0v) is 16.7. The predicted octanol–water partition coefficient (Wildman–Crippen LogP) is 2.68. The SMILES string of the molecule is COc1cccc(C(=O)N2CCN(c3cc(OC)c(OC)c(OC)c3)CC2)c1. The number of methoxy groups -OCH3 is 4. The van der Waals surface area contributed by atoms with Gasteiger partial charge in [-0.15, -0.1) is 0 Å². The first-order valence-electron chi connectivity index (χ1n) is 9.09. The van der Waals surface area contributed by atoms with Crippen LogP contribution in [0.3, 0.4) is 0 Å². The fraction of sp³-hybridized carbons (Fsp3) is 0.381. The lowest BCUT2D eigenvalue weighted by molar-refractivity contribution is 0.0746. The molecule has 1 saturated heterocycles. The monoisotopic (exact) mass is 386 g/mol. The number of nitrogens with zero attached hydrogens (tertiary/aromatic N) is 2. The van der Waals surface area contributed by atoms with E-state index in [1.807, 2.05) is 35.2 Å². The van der Waals surface area contributed by atoms with Crippen LogP contribution in [0, 0.1) is 0 Å². The van der Waals surface area contributed by atoms with Crippen LogP contribution in [0.1, 0.15) is 10.4 Å². The van der Waals surface area contributed by atoms with Crippen molar-refractivity contribution in [1.29, 1.82) is 0 Å². The van der Waals surface area contributed by atoms with Gasteiger partial charge in [0, 0.05) is 49.6 Å². The molecule has 0 saturated carbocycles. The van der Waals surface area contributed by atoms with E-state index in [0.717, 1.165) is 5.69 Å². The highest BCUT2D eigenvalue weighted by Gasteiger charge is 2.24. The van der Waals surface area contributed by atoms with Crippen molar-refractivity contribution in [3.63, 3.8) is 0 Å². The van der Waals surface area contributed by atoms with Gasteiger partial charge in [-0.3, -0.25) is 4.79 Å². The van der Waals surface area contributed by atoms with Crippen molar-refractivity contribution in [2.45, 2.75) is 0 Å². The fourth-order valence-corrected chi connectivity index (χ4v) is 3.36. The van der Waals surface area contributed by atoms with Gasteiger partial charge in [-0.1, -0.05) is 6.07 Å². The Balaban J connectivity index is 1.72. The second kappa shape index (κ2) is 8.73. The summed E-state index contributed by atoms with van der Waals surface area (Å²) < 4.78 is 21.5. The van der Waals surface area contributed by atoms with Crippen molar-refractivity contribution in [3.05, 3.63) is 42.0 Å². The van der Waals surface area contributed by atoms with E-state index in [2.05, 4.69) is 4.90 Å². The Hall–Kier alpha value is -3.09. The van der Waals surface area contributed by atoms with Crippen LogP contribution in [-0.4, -0.2) is 65.4 Å². The Kier molecular flexibility index (Phi) is 6.13. The minimum absolute atomic E-state index is 0.0171. The molecule has 0 aromatic heterocycles. The maximum Gasteiger partial charge on any atom is 0.254 e. The average Bonchev–Trinajstić information content (AvgIpc) is 2.77. The van der Waals surface area contributed by atoms with Crippen molar-refractivity contribution >= 4 is 11.6 Å². The van der Waals surface area contributed by atoms with E-state index < -0.39 is 0 Å². The Labute approximate surface area is 165 Å². The third kappa shape index (κ3) is 3.93. The predicted molar refractivity (Wildman–Crippen MR) is 107 cm³/mol. The molecule has 0 radical (unpaired) electrons. The summed E-state index contributed by atoms with van der Waals surface area (Å²) in [5.41, 5.74) is 1.61. The first kappa shape index (κ1) is 19.7. The number of ether oxygens (including phenoxy) is 4. The molecule has 0 N–H and O–H groups in total. The summed E-state index contributed by atoms with van der Waals surface area (Å²) in [5.74, 6) is 2.50. The van der Waals surface area contributed by atoms with Gasteiger partial charge in [0.1, 0.15) is 5.75 Å². The molecular weight excluding hydrogens is 360 g/mol. The summed E-state index contributed by atoms with van der Waals surface area (Å²) >= 11 is 0. The standard InChI is InChI=1S/C21H26N2O5/c1-25-17-7-5-6-15(12-17)21(24)23-10-8-22(9-11-23)16-13-18(26-2)20(28-4)19(14-16)27-3/h5-7,12-14H,8-11H2,1-4H3. The number of rotatable bonds is 6. The van der Waals surface area contributed by atoms with Gasteiger partial charge >= 0.3 is 0 Å². The number of anilines is 1. The third-order valence-corrected chi connectivity index (χ3v) is 4.90. The van der Waals surface area contributed by atoms with Crippen molar-refractivity contribution < 1.29 is 23.7 Å². The first-order valence-corrected chi connectivity index (χ1v) is 9.09. The molecule has 28 heavy (non-hydrogen) atoms. The van der Waals surface area contributed by atoms with Crippen molar-refractivity contribution in [1.82, 2.24) is 4.90 Å². The molecule has 1 amide bonds. The van der Waals surface area contributed by atoms with Crippen LogP contribution >= 0.6 is 0 Å². The van der Waals surface area contributed by atoms with E-state index in [0.29, 0.717) is 54.7 Å². The van der Waals surface area contributed by atoms with Crippen molar-refractivity contribution in [3.8, 4) is 23.0 Å². The molecule has 0 aliphatic carbocycles. The number of piperazine rings is 1. The highest BCUT2D eigenvalue weighted by Crippen LogP contribution is 2.41. The molecule has 2 aromatic rings. The van der Waals surface area contributed by atoms with Crippen LogP contribution in [0.15, 0.2) is 36.4 Å². The van der Waals surface area contributed by atoms with E-state index in [-0.39, 0.29) is 5.91 Å². The largest absolute Gasteiger partial charge is 0.497 e. The number of amides is 1. The Morgan fingerprint density at radius 2 is 1.46 bits per heavy atom. The molecule has 1 aliphatic rings. The fourth-order valence-electron chi connectivity index (χ4n) is 3.36. The molecule has 0 atom stereocenters. The van der Waals surface area contributed by atoms with Gasteiger partial charge in [0.05, 0.1) is 28.4 Å². The molecule has 1 aliphatic heterocycles. The minimum Gasteiger partial charge on any atom is -0.497 e. The van der Waals surface area contributed by atoms with Gasteiger partial charge in [-0.05, 0) is 18.2 Å². The number of carbonyl (C=O) groups excluding carboxylic acids is 1. The lowest BCUT2D eigenvalue weighted by Gasteiger charge is -2.36. The smallest absolute Gasteiger partial charge is 0.254 e. The van der Waals surface area contributed by atoms with Crippen LogP contribution in [0.25, 0.3) is 0 Å². The maximum atomic E-state index is 12.8. The van der Waals surface area contributed by atoms with Crippen molar-refractivity contribution in [2.24, 2.45) is 0 Å². The quantitative estimate of drug-likeness (QED) is 0.761. The second-order valence-electron chi connectivity index (χ2n) is 6.39. The summed E-state index contributed by atoms with van der Waals surface area (Å²) in [6, 6.07) is 11.1. The van der Waals surface area contributed by atoms with Crippen LogP contribution in [0.4, 0.5) is 5.69 Å². The van der Waals surface area contributed by atoms with Gasteiger partial charge in [-0.2, -0.15) is 0 Å². The van der Waals surface area contributed by atoms with Gasteiger partial charge in [0.25, 0.3) is 5.91 Å². The molecular formula is C21H26N2O5. The van der Waals surface area contributed by atoms with Gasteiger partial charge in [-0.25, -0.2) is 0 Å². The van der Waals surface area contributed by atoms with Gasteiger partial charge in [0.2, 0.25) is 5.75 Å². The lowest BCUT2D eigenvalue weighted by atomic mass is 10.1. The van der Waals surface area contributed by atoms with E-state index in [4.69, 9.17) is 18.9 Å². The molecule has 3 rings (SSSR count). The first-order chi connectivity index (χ1) is 13.6. The second-order valence-corrected chi connectivity index (χ2v) is 6.39. The van der Waals surface area contributed by atoms with Gasteiger partial charge < -0.3 is 28.7 Å². The molecule has 150 valence electrons. The minimum atomic E-state index is 0.0171. The van der Waals surface area contributed by atoms with Crippen LogP contribution in [0.5, 0.6) is 23.0 Å². The number of hydrogen-bond donors (Lipinski definition) is 0. The topological polar surface area (TPSA) is 60.5 Å². The maximum absolute atomic E-state index is 12.8. The van der Waals surface area contributed by atoms with E-state index in [9.17, 15) is 4.79 Å². The summed E-state index contributed by atoms with van der Waals surface area (Å²) in [7, 11) is 6.39. The third-order valence-electron chi connectivity index (χ3n) is 4.90. The average molecular weight is 386 g/mol. The summed E-state index contributed by atoms with van der Waals surface area (Å²) in [6.45, 7) is 2.70. The van der Waals surface area contributed by atoms with Crippen LogP contribution < -0.4 is 23.8 Å². The normalized spacial score (nSPS) is 13.9. The van der Waals surface area contributed by atoms with E-state index in [1.54, 1.807) is 34.5 Å². The van der Waals surface area contributed by atoms with E-state index in [1.165, 1.54) is 0 Å². The molecule has 0 bridgehead atoms. The molecule has 1 fully saturated rings. The van der Waals surface area contributed by atoms with Crippen LogP contribution in [0.2, 0.25) is 0 Å². The number of hydrogen-bond acceptors (Lipinski definition) is 6.